The van der Waals surface area contributed by atoms with E-state index in [1.807, 2.05) is 0 Å². The molecule has 0 heterocycles. The molecule has 0 amide bonds. The third-order valence-corrected chi connectivity index (χ3v) is 6.97. The molecule has 1 rings (SSSR count). The Morgan fingerprint density at radius 2 is 1.16 bits per heavy atom. The topological polar surface area (TPSA) is 88.5 Å². The molecule has 1 aliphatic rings. The van der Waals surface area contributed by atoms with Crippen molar-refractivity contribution in [2.24, 2.45) is 5.92 Å². The molecule has 31 heavy (non-hydrogen) atoms. The summed E-state index contributed by atoms with van der Waals surface area (Å²) in [5.41, 5.74) is 0. The Bertz CT molecular complexity index is 642. The zero-order chi connectivity index (χ0) is 22.2. The molecule has 0 bridgehead atoms. The Morgan fingerprint density at radius 1 is 0.774 bits per heavy atom. The van der Waals surface area contributed by atoms with Gasteiger partial charge in [0.05, 0.1) is 0 Å². The number of unbranched alkanes of at least 4 members (excludes halogenated alkanes) is 15. The van der Waals surface area contributed by atoms with Crippen LogP contribution < -0.4 is 0 Å². The third kappa shape index (κ3) is 15.2. The molecule has 0 saturated heterocycles. The Labute approximate surface area is 232 Å². The van der Waals surface area contributed by atoms with Crippen molar-refractivity contribution in [3.05, 3.63) is 11.0 Å². The van der Waals surface area contributed by atoms with Crippen LogP contribution >= 0.6 is 0 Å². The number of ketones is 2. The number of carbonyl (C=O) groups is 2. The minimum absolute atomic E-state index is 0. The average molecular weight is 483 g/mol. The molecule has 0 fully saturated rings. The van der Waals surface area contributed by atoms with E-state index in [4.69, 9.17) is 4.55 Å². The minimum atomic E-state index is -4.59. The van der Waals surface area contributed by atoms with Crippen LogP contribution in [0.25, 0.3) is 0 Å². The van der Waals surface area contributed by atoms with Gasteiger partial charge in [-0.3, -0.25) is 14.1 Å². The van der Waals surface area contributed by atoms with E-state index >= 15 is 0 Å². The maximum absolute atomic E-state index is 12.0. The van der Waals surface area contributed by atoms with Crippen LogP contribution in [0.5, 0.6) is 0 Å². The summed E-state index contributed by atoms with van der Waals surface area (Å²) in [5, 5.41) is 0. The quantitative estimate of drug-likeness (QED) is 0.149. The van der Waals surface area contributed by atoms with Gasteiger partial charge < -0.3 is 0 Å². The first-order chi connectivity index (χ1) is 14.4. The van der Waals surface area contributed by atoms with E-state index in [2.05, 4.69) is 6.92 Å². The van der Waals surface area contributed by atoms with Crippen LogP contribution in [0.4, 0.5) is 0 Å². The third-order valence-electron chi connectivity index (χ3n) is 6.07. The van der Waals surface area contributed by atoms with Crippen molar-refractivity contribution in [1.29, 1.82) is 0 Å². The number of rotatable bonds is 18. The second kappa shape index (κ2) is 19.0. The number of carbonyl (C=O) groups excluding carboxylic acids is 2. The van der Waals surface area contributed by atoms with Gasteiger partial charge in [-0.15, -0.1) is 0 Å². The zero-order valence-electron chi connectivity index (χ0n) is 18.9. The van der Waals surface area contributed by atoms with E-state index < -0.39 is 26.7 Å². The fourth-order valence-electron chi connectivity index (χ4n) is 4.15. The predicted molar refractivity (Wildman–Crippen MR) is 129 cm³/mol. The van der Waals surface area contributed by atoms with E-state index in [0.717, 1.165) is 25.3 Å². The number of hydrogen-bond acceptors (Lipinski definition) is 4. The van der Waals surface area contributed by atoms with Crippen LogP contribution in [0.3, 0.4) is 0 Å². The second-order valence-electron chi connectivity index (χ2n) is 8.80. The molecule has 1 unspecified atom stereocenters. The molecule has 0 aromatic heterocycles. The summed E-state index contributed by atoms with van der Waals surface area (Å²) in [5.74, 6) is -1.45. The molecule has 1 aliphatic carbocycles. The van der Waals surface area contributed by atoms with Crippen molar-refractivity contribution in [3.63, 3.8) is 0 Å². The van der Waals surface area contributed by atoms with Crippen LogP contribution in [0.15, 0.2) is 11.0 Å². The predicted octanol–water partition coefficient (Wildman–Crippen LogP) is 5.92. The van der Waals surface area contributed by atoms with Crippen molar-refractivity contribution in [3.8, 4) is 0 Å². The maximum atomic E-state index is 12.0. The van der Waals surface area contributed by atoms with Gasteiger partial charge in [0.15, 0.2) is 11.6 Å². The fraction of sp³-hybridized carbons (Fsp3) is 0.833. The first kappa shape index (κ1) is 31.6. The first-order valence-electron chi connectivity index (χ1n) is 12.1. The molecule has 7 heteroatoms. The summed E-state index contributed by atoms with van der Waals surface area (Å²) in [7, 11) is -4.59. The monoisotopic (exact) mass is 482 g/mol. The van der Waals surface area contributed by atoms with E-state index in [0.29, 0.717) is 6.42 Å². The summed E-state index contributed by atoms with van der Waals surface area (Å²) in [6, 6.07) is 0. The van der Waals surface area contributed by atoms with E-state index in [1.54, 1.807) is 0 Å². The van der Waals surface area contributed by atoms with Gasteiger partial charge >= 0.3 is 51.4 Å². The summed E-state index contributed by atoms with van der Waals surface area (Å²) in [4.78, 5) is 23.0. The number of hydrogen-bond donors (Lipinski definition) is 1. The molecule has 0 spiro atoms. The molecule has 0 aromatic rings. The Morgan fingerprint density at radius 3 is 1.55 bits per heavy atom. The number of Topliss-reactive ketones (excluding diaryl/α,β-unsaturated/α-hetero) is 1. The SMILES string of the molecule is CCCCCCCCCCCCCCCCCCC1CC(=O)C(S(=O)(=O)O)=CC1=O.[KH]. The van der Waals surface area contributed by atoms with Crippen molar-refractivity contribution in [1.82, 2.24) is 0 Å². The molecule has 1 N–H and O–H groups in total. The molecule has 1 atom stereocenters. The summed E-state index contributed by atoms with van der Waals surface area (Å²) in [6.45, 7) is 2.26. The Kier molecular flexibility index (Phi) is 19.4. The van der Waals surface area contributed by atoms with Gasteiger partial charge in [-0.1, -0.05) is 110 Å². The molecule has 176 valence electrons. The van der Waals surface area contributed by atoms with Crippen molar-refractivity contribution < 1.29 is 22.6 Å². The van der Waals surface area contributed by atoms with Gasteiger partial charge in [0.2, 0.25) is 0 Å². The van der Waals surface area contributed by atoms with E-state index in [9.17, 15) is 18.0 Å². The van der Waals surface area contributed by atoms with Gasteiger partial charge in [0.1, 0.15) is 4.91 Å². The van der Waals surface area contributed by atoms with E-state index in [-0.39, 0.29) is 63.6 Å². The molecule has 5 nitrogen and oxygen atoms in total. The van der Waals surface area contributed by atoms with Crippen LogP contribution in [0.2, 0.25) is 0 Å². The van der Waals surface area contributed by atoms with E-state index in [1.165, 1.54) is 83.5 Å². The fourth-order valence-corrected chi connectivity index (χ4v) is 4.79. The Balaban J connectivity index is 0.00000900. The molecule has 0 aliphatic heterocycles. The second-order valence-corrected chi connectivity index (χ2v) is 10.2. The standard InChI is InChI=1S/C24H42O5S.K.H/c1-2-3-4-5-6-7-8-9-10-11-12-13-14-15-16-17-18-21-19-23(26)24(20-22(21)25)30(27,28)29;;/h20-21H,2-19H2,1H3,(H,27,28,29);;. The van der Waals surface area contributed by atoms with Gasteiger partial charge in [-0.2, -0.15) is 8.42 Å². The van der Waals surface area contributed by atoms with Crippen LogP contribution in [0.1, 0.15) is 122 Å². The van der Waals surface area contributed by atoms with Gasteiger partial charge in [-0.05, 0) is 6.42 Å². The van der Waals surface area contributed by atoms with Gasteiger partial charge in [0, 0.05) is 18.4 Å². The van der Waals surface area contributed by atoms with Crippen molar-refractivity contribution in [2.45, 2.75) is 122 Å². The normalized spacial score (nSPS) is 16.8. The van der Waals surface area contributed by atoms with Crippen LogP contribution in [-0.4, -0.2) is 75.9 Å². The average Bonchev–Trinajstić information content (AvgIpc) is 2.69. The molecule has 0 saturated carbocycles. The molecule has 0 radical (unpaired) electrons. The molecular weight excluding hydrogens is 439 g/mol. The first-order valence-corrected chi connectivity index (χ1v) is 13.6. The van der Waals surface area contributed by atoms with Crippen molar-refractivity contribution >= 4 is 73.1 Å². The molecular formula is C24H43KO5S. The summed E-state index contributed by atoms with van der Waals surface area (Å²) >= 11 is 0. The summed E-state index contributed by atoms with van der Waals surface area (Å²) < 4.78 is 31.1. The number of allylic oxidation sites excluding steroid dienone is 2. The Hall–Kier alpha value is 0.626. The van der Waals surface area contributed by atoms with Gasteiger partial charge in [-0.25, -0.2) is 0 Å². The van der Waals surface area contributed by atoms with Crippen molar-refractivity contribution in [2.75, 3.05) is 0 Å². The molecule has 0 aromatic carbocycles. The van der Waals surface area contributed by atoms with Gasteiger partial charge in [0.25, 0.3) is 10.1 Å². The summed E-state index contributed by atoms with van der Waals surface area (Å²) in [6.07, 6.45) is 21.9. The zero-order valence-corrected chi connectivity index (χ0v) is 19.7. The van der Waals surface area contributed by atoms with Crippen LogP contribution in [0, 0.1) is 5.92 Å². The van der Waals surface area contributed by atoms with Crippen LogP contribution in [-0.2, 0) is 19.7 Å².